The average molecular weight is 373 g/mol. The van der Waals surface area contributed by atoms with E-state index in [1.807, 2.05) is 0 Å². The van der Waals surface area contributed by atoms with Crippen LogP contribution in [0, 0.1) is 17.6 Å². The standard InChI is InChI=1S/C19H17F2N3O3/c20-12-3-8-15(16(21)9-12)19(27)22-10-17(25)23-13-4-6-14(7-5-13)24-18(26)11-1-2-11/h3-9,11H,1-2,10H2,(H,22,27)(H,23,25)(H,24,26). The molecule has 0 unspecified atom stereocenters. The van der Waals surface area contributed by atoms with Crippen LogP contribution in [0.1, 0.15) is 23.2 Å². The fourth-order valence-corrected chi connectivity index (χ4v) is 2.36. The van der Waals surface area contributed by atoms with Crippen LogP contribution in [-0.2, 0) is 9.59 Å². The van der Waals surface area contributed by atoms with Crippen LogP contribution in [0.4, 0.5) is 20.2 Å². The lowest BCUT2D eigenvalue weighted by molar-refractivity contribution is -0.117. The largest absolute Gasteiger partial charge is 0.343 e. The Bertz CT molecular complexity index is 880. The van der Waals surface area contributed by atoms with Crippen molar-refractivity contribution >= 4 is 29.1 Å². The van der Waals surface area contributed by atoms with Gasteiger partial charge in [-0.05, 0) is 49.2 Å². The van der Waals surface area contributed by atoms with Crippen molar-refractivity contribution in [3.8, 4) is 0 Å². The van der Waals surface area contributed by atoms with E-state index >= 15 is 0 Å². The zero-order valence-electron chi connectivity index (χ0n) is 14.2. The van der Waals surface area contributed by atoms with Crippen molar-refractivity contribution in [2.45, 2.75) is 12.8 Å². The summed E-state index contributed by atoms with van der Waals surface area (Å²) in [5.41, 5.74) is 0.761. The monoisotopic (exact) mass is 373 g/mol. The minimum atomic E-state index is -1.00. The molecule has 2 aromatic carbocycles. The van der Waals surface area contributed by atoms with Crippen LogP contribution >= 0.6 is 0 Å². The Kier molecular flexibility index (Phi) is 5.44. The zero-order chi connectivity index (χ0) is 19.4. The maximum Gasteiger partial charge on any atom is 0.254 e. The van der Waals surface area contributed by atoms with Crippen molar-refractivity contribution in [2.24, 2.45) is 5.92 Å². The molecular weight excluding hydrogens is 356 g/mol. The second-order valence-electron chi connectivity index (χ2n) is 6.20. The van der Waals surface area contributed by atoms with Crippen LogP contribution in [-0.4, -0.2) is 24.3 Å². The van der Waals surface area contributed by atoms with E-state index in [1.165, 1.54) is 0 Å². The summed E-state index contributed by atoms with van der Waals surface area (Å²) in [7, 11) is 0. The molecular formula is C19H17F2N3O3. The van der Waals surface area contributed by atoms with E-state index in [0.717, 1.165) is 25.0 Å². The molecule has 0 radical (unpaired) electrons. The van der Waals surface area contributed by atoms with Gasteiger partial charge in [0.05, 0.1) is 12.1 Å². The van der Waals surface area contributed by atoms with Crippen LogP contribution in [0.2, 0.25) is 0 Å². The van der Waals surface area contributed by atoms with Crippen LogP contribution in [0.25, 0.3) is 0 Å². The summed E-state index contributed by atoms with van der Waals surface area (Å²) < 4.78 is 26.4. The van der Waals surface area contributed by atoms with Gasteiger partial charge in [0.2, 0.25) is 11.8 Å². The molecule has 0 heterocycles. The summed E-state index contributed by atoms with van der Waals surface area (Å²) in [6.07, 6.45) is 1.82. The Morgan fingerprint density at radius 3 is 2.15 bits per heavy atom. The van der Waals surface area contributed by atoms with E-state index in [-0.39, 0.29) is 23.9 Å². The lowest BCUT2D eigenvalue weighted by Crippen LogP contribution is -2.33. The van der Waals surface area contributed by atoms with Gasteiger partial charge < -0.3 is 16.0 Å². The predicted octanol–water partition coefficient (Wildman–Crippen LogP) is 2.68. The predicted molar refractivity (Wildman–Crippen MR) is 95.1 cm³/mol. The van der Waals surface area contributed by atoms with Crippen LogP contribution in [0.5, 0.6) is 0 Å². The Balaban J connectivity index is 1.48. The molecule has 0 aliphatic heterocycles. The molecule has 3 N–H and O–H groups in total. The molecule has 3 amide bonds. The quantitative estimate of drug-likeness (QED) is 0.728. The van der Waals surface area contributed by atoms with Crippen LogP contribution in [0.15, 0.2) is 42.5 Å². The number of nitrogens with one attached hydrogen (secondary N) is 3. The second kappa shape index (κ2) is 7.94. The van der Waals surface area contributed by atoms with Gasteiger partial charge in [-0.2, -0.15) is 0 Å². The highest BCUT2D eigenvalue weighted by Gasteiger charge is 2.29. The minimum Gasteiger partial charge on any atom is -0.343 e. The van der Waals surface area contributed by atoms with Gasteiger partial charge in [-0.25, -0.2) is 8.78 Å². The third-order valence-electron chi connectivity index (χ3n) is 3.97. The Hall–Kier alpha value is -3.29. The van der Waals surface area contributed by atoms with E-state index in [2.05, 4.69) is 16.0 Å². The number of hydrogen-bond acceptors (Lipinski definition) is 3. The third kappa shape index (κ3) is 5.10. The zero-order valence-corrected chi connectivity index (χ0v) is 14.2. The van der Waals surface area contributed by atoms with Gasteiger partial charge in [0.25, 0.3) is 5.91 Å². The van der Waals surface area contributed by atoms with Gasteiger partial charge in [0.15, 0.2) is 0 Å². The SMILES string of the molecule is O=C(CNC(=O)c1ccc(F)cc1F)Nc1ccc(NC(=O)C2CC2)cc1. The van der Waals surface area contributed by atoms with E-state index < -0.39 is 23.4 Å². The second-order valence-corrected chi connectivity index (χ2v) is 6.20. The van der Waals surface area contributed by atoms with E-state index in [1.54, 1.807) is 24.3 Å². The molecule has 1 saturated carbocycles. The molecule has 0 aromatic heterocycles. The molecule has 8 heteroatoms. The Labute approximate surface area is 154 Å². The minimum absolute atomic E-state index is 0.0116. The molecule has 2 aromatic rings. The van der Waals surface area contributed by atoms with Crippen molar-refractivity contribution in [1.82, 2.24) is 5.32 Å². The van der Waals surface area contributed by atoms with Crippen LogP contribution < -0.4 is 16.0 Å². The topological polar surface area (TPSA) is 87.3 Å². The van der Waals surface area contributed by atoms with Gasteiger partial charge in [0.1, 0.15) is 11.6 Å². The number of amides is 3. The number of carbonyl (C=O) groups excluding carboxylic acids is 3. The average Bonchev–Trinajstić information content (AvgIpc) is 3.46. The van der Waals surface area contributed by atoms with Crippen molar-refractivity contribution in [1.29, 1.82) is 0 Å². The molecule has 6 nitrogen and oxygen atoms in total. The number of benzene rings is 2. The number of hydrogen-bond donors (Lipinski definition) is 3. The van der Waals surface area contributed by atoms with Crippen LogP contribution in [0.3, 0.4) is 0 Å². The molecule has 0 atom stereocenters. The molecule has 0 saturated heterocycles. The van der Waals surface area contributed by atoms with Gasteiger partial charge in [-0.1, -0.05) is 0 Å². The lowest BCUT2D eigenvalue weighted by Gasteiger charge is -2.09. The van der Waals surface area contributed by atoms with E-state index in [9.17, 15) is 23.2 Å². The highest BCUT2D eigenvalue weighted by Crippen LogP contribution is 2.30. The maximum absolute atomic E-state index is 13.5. The smallest absolute Gasteiger partial charge is 0.254 e. The summed E-state index contributed by atoms with van der Waals surface area (Å²) >= 11 is 0. The molecule has 1 aliphatic rings. The first kappa shape index (κ1) is 18.5. The maximum atomic E-state index is 13.5. The van der Waals surface area contributed by atoms with Crippen molar-refractivity contribution in [2.75, 3.05) is 17.2 Å². The number of rotatable bonds is 6. The molecule has 0 spiro atoms. The van der Waals surface area contributed by atoms with Gasteiger partial charge in [-0.15, -0.1) is 0 Å². The fourth-order valence-electron chi connectivity index (χ4n) is 2.36. The number of carbonyl (C=O) groups is 3. The van der Waals surface area contributed by atoms with Gasteiger partial charge in [-0.3, -0.25) is 14.4 Å². The summed E-state index contributed by atoms with van der Waals surface area (Å²) in [6, 6.07) is 9.10. The molecule has 3 rings (SSSR count). The number of halogens is 2. The highest BCUT2D eigenvalue weighted by molar-refractivity contribution is 5.99. The first-order valence-corrected chi connectivity index (χ1v) is 8.36. The summed E-state index contributed by atoms with van der Waals surface area (Å²) in [4.78, 5) is 35.4. The molecule has 0 bridgehead atoms. The van der Waals surface area contributed by atoms with Crippen molar-refractivity contribution < 1.29 is 23.2 Å². The fraction of sp³-hybridized carbons (Fsp3) is 0.211. The van der Waals surface area contributed by atoms with Gasteiger partial charge >= 0.3 is 0 Å². The normalized spacial score (nSPS) is 13.0. The van der Waals surface area contributed by atoms with E-state index in [0.29, 0.717) is 17.4 Å². The molecule has 140 valence electrons. The van der Waals surface area contributed by atoms with Gasteiger partial charge in [0, 0.05) is 23.4 Å². The summed E-state index contributed by atoms with van der Waals surface area (Å²) in [6.45, 7) is -0.379. The van der Waals surface area contributed by atoms with E-state index in [4.69, 9.17) is 0 Å². The molecule has 1 aliphatic carbocycles. The van der Waals surface area contributed by atoms with Crippen molar-refractivity contribution in [3.05, 3.63) is 59.7 Å². The molecule has 1 fully saturated rings. The molecule has 27 heavy (non-hydrogen) atoms. The highest BCUT2D eigenvalue weighted by atomic mass is 19.1. The first-order chi connectivity index (χ1) is 12.9. The summed E-state index contributed by atoms with van der Waals surface area (Å²) in [5, 5.41) is 7.61. The van der Waals surface area contributed by atoms with Crippen molar-refractivity contribution in [3.63, 3.8) is 0 Å². The first-order valence-electron chi connectivity index (χ1n) is 8.36. The third-order valence-corrected chi connectivity index (χ3v) is 3.97. The number of anilines is 2. The summed E-state index contributed by atoms with van der Waals surface area (Å²) in [5.74, 6) is -3.04. The lowest BCUT2D eigenvalue weighted by atomic mass is 10.2. The Morgan fingerprint density at radius 2 is 1.56 bits per heavy atom. The Morgan fingerprint density at radius 1 is 0.926 bits per heavy atom.